The lowest BCUT2D eigenvalue weighted by Gasteiger charge is -2.22. The number of benzene rings is 2. The second-order valence-corrected chi connectivity index (χ2v) is 14.2. The summed E-state index contributed by atoms with van der Waals surface area (Å²) >= 11 is 0. The molecular weight excluding hydrogens is 336 g/mol. The smallest absolute Gasteiger partial charge is 0.242 e. The largest absolute Gasteiger partial charge is 0.544 e. The van der Waals surface area contributed by atoms with Crippen LogP contribution in [0.15, 0.2) is 48.5 Å². The van der Waals surface area contributed by atoms with Crippen LogP contribution in [-0.2, 0) is 10.8 Å². The Kier molecular flexibility index (Phi) is 7.12. The van der Waals surface area contributed by atoms with Crippen molar-refractivity contribution in [2.75, 3.05) is 0 Å². The topological polar surface area (TPSA) is 29.5 Å². The fourth-order valence-corrected chi connectivity index (χ4v) is 3.18. The molecule has 2 nitrogen and oxygen atoms in total. The van der Waals surface area contributed by atoms with Gasteiger partial charge in [-0.1, -0.05) is 65.8 Å². The van der Waals surface area contributed by atoms with E-state index in [4.69, 9.17) is 9.53 Å². The fraction of sp³-hybridized carbons (Fsp3) is 0.478. The molecule has 0 saturated heterocycles. The summed E-state index contributed by atoms with van der Waals surface area (Å²) in [7, 11) is -1.46. The van der Waals surface area contributed by atoms with Gasteiger partial charge in [-0.3, -0.25) is 0 Å². The minimum atomic E-state index is -1.46. The van der Waals surface area contributed by atoms with Gasteiger partial charge in [-0.2, -0.15) is 0 Å². The van der Waals surface area contributed by atoms with Crippen LogP contribution in [0.1, 0.15) is 52.7 Å². The minimum absolute atomic E-state index is 0.174. The molecule has 0 aromatic heterocycles. The van der Waals surface area contributed by atoms with E-state index in [1.54, 1.807) is 12.1 Å². The highest BCUT2D eigenvalue weighted by Gasteiger charge is 2.17. The van der Waals surface area contributed by atoms with Crippen LogP contribution in [0.4, 0.5) is 0 Å². The maximum atomic E-state index is 9.02. The van der Waals surface area contributed by atoms with Gasteiger partial charge in [-0.05, 0) is 65.9 Å². The van der Waals surface area contributed by atoms with E-state index in [0.29, 0.717) is 5.75 Å². The molecule has 144 valence electrons. The highest BCUT2D eigenvalue weighted by Crippen LogP contribution is 2.25. The van der Waals surface area contributed by atoms with E-state index in [9.17, 15) is 0 Å². The Morgan fingerprint density at radius 3 is 1.31 bits per heavy atom. The molecule has 2 aromatic carbocycles. The maximum absolute atomic E-state index is 9.02. The maximum Gasteiger partial charge on any atom is 0.242 e. The van der Waals surface area contributed by atoms with Crippen LogP contribution in [0.2, 0.25) is 19.6 Å². The number of hydrogen-bond donors (Lipinski definition) is 1. The van der Waals surface area contributed by atoms with Gasteiger partial charge in [-0.25, -0.2) is 0 Å². The highest BCUT2D eigenvalue weighted by molar-refractivity contribution is 6.70. The summed E-state index contributed by atoms with van der Waals surface area (Å²) in [6.45, 7) is 19.7. The van der Waals surface area contributed by atoms with Gasteiger partial charge in [0.05, 0.1) is 0 Å². The molecule has 0 atom stereocenters. The number of aromatic hydroxyl groups is 1. The predicted octanol–water partition coefficient (Wildman–Crippen LogP) is 6.89. The zero-order chi connectivity index (χ0) is 20.2. The molecule has 0 aliphatic heterocycles. The van der Waals surface area contributed by atoms with E-state index >= 15 is 0 Å². The Balaban J connectivity index is 0.000000273. The van der Waals surface area contributed by atoms with Crippen LogP contribution in [0, 0.1) is 0 Å². The number of phenolic OH excluding ortho intramolecular Hbond substituents is 1. The molecule has 0 spiro atoms. The van der Waals surface area contributed by atoms with E-state index in [1.807, 2.05) is 12.1 Å². The van der Waals surface area contributed by atoms with Crippen molar-refractivity contribution in [2.45, 2.75) is 72.0 Å². The first-order chi connectivity index (χ1) is 11.7. The average molecular weight is 373 g/mol. The molecule has 0 aliphatic carbocycles. The van der Waals surface area contributed by atoms with Crippen LogP contribution in [0.5, 0.6) is 11.5 Å². The van der Waals surface area contributed by atoms with Gasteiger partial charge in [0, 0.05) is 0 Å². The van der Waals surface area contributed by atoms with Crippen LogP contribution in [-0.4, -0.2) is 13.4 Å². The van der Waals surface area contributed by atoms with E-state index in [2.05, 4.69) is 85.4 Å². The molecule has 0 radical (unpaired) electrons. The summed E-state index contributed by atoms with van der Waals surface area (Å²) in [5.41, 5.74) is 2.99. The zero-order valence-corrected chi connectivity index (χ0v) is 19.0. The Labute approximate surface area is 161 Å². The molecule has 0 amide bonds. The second-order valence-electron chi connectivity index (χ2n) is 9.79. The molecule has 2 aromatic rings. The second kappa shape index (κ2) is 8.30. The standard InChI is InChI=1S/C13H22OSi.C10H14O/c1-13(2,3)11-7-9-12(10-8-11)14-15(4,5)6;1-10(2,3)8-4-6-9(11)7-5-8/h7-10H,1-6H3;4-7,11H,1-3H3. The van der Waals surface area contributed by atoms with Gasteiger partial charge in [-0.15, -0.1) is 0 Å². The third-order valence-corrected chi connectivity index (χ3v) is 4.73. The van der Waals surface area contributed by atoms with Gasteiger partial charge in [0.25, 0.3) is 0 Å². The van der Waals surface area contributed by atoms with Crippen molar-refractivity contribution in [3.05, 3.63) is 59.7 Å². The van der Waals surface area contributed by atoms with Gasteiger partial charge in [0.1, 0.15) is 11.5 Å². The lowest BCUT2D eigenvalue weighted by atomic mass is 9.87. The average Bonchev–Trinajstić information content (AvgIpc) is 2.45. The minimum Gasteiger partial charge on any atom is -0.544 e. The number of hydrogen-bond acceptors (Lipinski definition) is 2. The quantitative estimate of drug-likeness (QED) is 0.582. The van der Waals surface area contributed by atoms with Crippen molar-refractivity contribution in [1.82, 2.24) is 0 Å². The van der Waals surface area contributed by atoms with Crippen LogP contribution < -0.4 is 4.43 Å². The molecule has 0 bridgehead atoms. The third-order valence-electron chi connectivity index (χ3n) is 3.88. The van der Waals surface area contributed by atoms with Crippen molar-refractivity contribution < 1.29 is 9.53 Å². The zero-order valence-electron chi connectivity index (χ0n) is 18.0. The molecule has 26 heavy (non-hydrogen) atoms. The van der Waals surface area contributed by atoms with Gasteiger partial charge < -0.3 is 9.53 Å². The summed E-state index contributed by atoms with van der Waals surface area (Å²) < 4.78 is 5.91. The molecule has 0 fully saturated rings. The normalized spacial score (nSPS) is 12.2. The molecule has 1 N–H and O–H groups in total. The van der Waals surface area contributed by atoms with E-state index in [-0.39, 0.29) is 10.8 Å². The van der Waals surface area contributed by atoms with E-state index in [1.165, 1.54) is 11.1 Å². The van der Waals surface area contributed by atoms with Crippen LogP contribution in [0.25, 0.3) is 0 Å². The van der Waals surface area contributed by atoms with Crippen molar-refractivity contribution in [2.24, 2.45) is 0 Å². The lowest BCUT2D eigenvalue weighted by molar-refractivity contribution is 0.474. The Morgan fingerprint density at radius 1 is 0.654 bits per heavy atom. The molecule has 0 heterocycles. The molecule has 2 rings (SSSR count). The van der Waals surface area contributed by atoms with Crippen molar-refractivity contribution in [3.63, 3.8) is 0 Å². The van der Waals surface area contributed by atoms with E-state index < -0.39 is 8.32 Å². The van der Waals surface area contributed by atoms with Crippen LogP contribution >= 0.6 is 0 Å². The Bertz CT molecular complexity index is 667. The Hall–Kier alpha value is -1.74. The first kappa shape index (κ1) is 22.3. The van der Waals surface area contributed by atoms with Gasteiger partial charge >= 0.3 is 0 Å². The molecule has 0 saturated carbocycles. The molecule has 3 heteroatoms. The van der Waals surface area contributed by atoms with Gasteiger partial charge in [0.2, 0.25) is 8.32 Å². The first-order valence-corrected chi connectivity index (χ1v) is 12.7. The Morgan fingerprint density at radius 2 is 1.00 bits per heavy atom. The van der Waals surface area contributed by atoms with Crippen LogP contribution in [0.3, 0.4) is 0 Å². The highest BCUT2D eigenvalue weighted by atomic mass is 28.4. The van der Waals surface area contributed by atoms with E-state index in [0.717, 1.165) is 5.75 Å². The third kappa shape index (κ3) is 8.09. The van der Waals surface area contributed by atoms with Crippen molar-refractivity contribution in [3.8, 4) is 11.5 Å². The SMILES string of the molecule is CC(C)(C)c1ccc(O)cc1.CC(C)(C)c1ccc(O[Si](C)(C)C)cc1. The summed E-state index contributed by atoms with van der Waals surface area (Å²) in [6.07, 6.45) is 0. The first-order valence-electron chi connectivity index (χ1n) is 9.27. The summed E-state index contributed by atoms with van der Waals surface area (Å²) in [4.78, 5) is 0. The summed E-state index contributed by atoms with van der Waals surface area (Å²) in [5.74, 6) is 1.33. The molecule has 0 aliphatic rings. The number of phenols is 1. The fourth-order valence-electron chi connectivity index (χ4n) is 2.34. The van der Waals surface area contributed by atoms with Crippen molar-refractivity contribution >= 4 is 8.32 Å². The van der Waals surface area contributed by atoms with Crippen molar-refractivity contribution in [1.29, 1.82) is 0 Å². The van der Waals surface area contributed by atoms with Gasteiger partial charge in [0.15, 0.2) is 0 Å². The predicted molar refractivity (Wildman–Crippen MR) is 116 cm³/mol. The lowest BCUT2D eigenvalue weighted by Crippen LogP contribution is -2.29. The monoisotopic (exact) mass is 372 g/mol. The number of rotatable bonds is 2. The molecular formula is C23H36O2Si. The summed E-state index contributed by atoms with van der Waals surface area (Å²) in [5, 5.41) is 9.02. The molecule has 0 unspecified atom stereocenters. The summed E-state index contributed by atoms with van der Waals surface area (Å²) in [6, 6.07) is 15.8.